The smallest absolute Gasteiger partial charge is 0.274 e. The first-order chi connectivity index (χ1) is 12.0. The van der Waals surface area contributed by atoms with Crippen LogP contribution in [-0.2, 0) is 13.0 Å². The number of aromatic nitrogens is 2. The first kappa shape index (κ1) is 17.7. The first-order valence-electron chi connectivity index (χ1n) is 8.17. The SMILES string of the molecule is CC(C)Cc1cc(C(=O)Nc2ncc(Cl)s2)n(Cc2ccccc2)c1. The largest absolute Gasteiger partial charge is 0.339 e. The number of rotatable bonds is 6. The lowest BCUT2D eigenvalue weighted by molar-refractivity contribution is 0.101. The number of carbonyl (C=O) groups excluding carboxylic acids is 1. The monoisotopic (exact) mass is 373 g/mol. The Balaban J connectivity index is 1.86. The standard InChI is InChI=1S/C19H20ClN3OS/c1-13(2)8-15-9-16(18(24)22-19-21-10-17(20)25-19)23(12-15)11-14-6-4-3-5-7-14/h3-7,9-10,12-13H,8,11H2,1-2H3,(H,21,22,24). The molecule has 0 atom stereocenters. The Labute approximate surface area is 156 Å². The number of amides is 1. The molecule has 0 unspecified atom stereocenters. The van der Waals surface area contributed by atoms with E-state index in [0.717, 1.165) is 17.5 Å². The molecule has 3 aromatic rings. The van der Waals surface area contributed by atoms with Crippen molar-refractivity contribution in [2.45, 2.75) is 26.8 Å². The topological polar surface area (TPSA) is 46.9 Å². The van der Waals surface area contributed by atoms with Crippen molar-refractivity contribution in [3.8, 4) is 0 Å². The second-order valence-electron chi connectivity index (χ2n) is 6.37. The van der Waals surface area contributed by atoms with E-state index >= 15 is 0 Å². The van der Waals surface area contributed by atoms with E-state index in [0.29, 0.717) is 27.6 Å². The lowest BCUT2D eigenvalue weighted by Crippen LogP contribution is -2.17. The maximum absolute atomic E-state index is 12.7. The molecule has 2 aromatic heterocycles. The normalized spacial score (nSPS) is 11.0. The van der Waals surface area contributed by atoms with Gasteiger partial charge in [0.25, 0.3) is 5.91 Å². The molecule has 130 valence electrons. The Kier molecular flexibility index (Phi) is 5.56. The Morgan fingerprint density at radius 1 is 1.28 bits per heavy atom. The molecule has 1 amide bonds. The number of nitrogens with one attached hydrogen (secondary N) is 1. The van der Waals surface area contributed by atoms with E-state index in [9.17, 15) is 4.79 Å². The van der Waals surface area contributed by atoms with Gasteiger partial charge < -0.3 is 4.57 Å². The Morgan fingerprint density at radius 3 is 2.68 bits per heavy atom. The minimum absolute atomic E-state index is 0.169. The van der Waals surface area contributed by atoms with E-state index in [-0.39, 0.29) is 5.91 Å². The molecular formula is C19H20ClN3OS. The van der Waals surface area contributed by atoms with Gasteiger partial charge in [-0.15, -0.1) is 0 Å². The number of anilines is 1. The maximum Gasteiger partial charge on any atom is 0.274 e. The summed E-state index contributed by atoms with van der Waals surface area (Å²) < 4.78 is 2.55. The van der Waals surface area contributed by atoms with E-state index in [2.05, 4.69) is 42.5 Å². The van der Waals surface area contributed by atoms with E-state index in [1.165, 1.54) is 17.5 Å². The zero-order valence-corrected chi connectivity index (χ0v) is 15.8. The van der Waals surface area contributed by atoms with Crippen molar-refractivity contribution in [3.63, 3.8) is 0 Å². The van der Waals surface area contributed by atoms with Crippen LogP contribution in [-0.4, -0.2) is 15.5 Å². The highest BCUT2D eigenvalue weighted by Crippen LogP contribution is 2.24. The lowest BCUT2D eigenvalue weighted by atomic mass is 10.1. The highest BCUT2D eigenvalue weighted by molar-refractivity contribution is 7.19. The molecule has 0 saturated carbocycles. The summed E-state index contributed by atoms with van der Waals surface area (Å²) in [5.74, 6) is 0.359. The van der Waals surface area contributed by atoms with Crippen LogP contribution in [0.5, 0.6) is 0 Å². The summed E-state index contributed by atoms with van der Waals surface area (Å²) in [7, 11) is 0. The fourth-order valence-corrected chi connectivity index (χ4v) is 3.54. The molecule has 1 N–H and O–H groups in total. The van der Waals surface area contributed by atoms with Gasteiger partial charge in [0.2, 0.25) is 0 Å². The van der Waals surface area contributed by atoms with E-state index in [1.54, 1.807) is 0 Å². The Hall–Kier alpha value is -2.11. The summed E-state index contributed by atoms with van der Waals surface area (Å²) in [5.41, 5.74) is 2.94. The Morgan fingerprint density at radius 2 is 2.04 bits per heavy atom. The molecule has 0 saturated heterocycles. The van der Waals surface area contributed by atoms with Gasteiger partial charge in [0.15, 0.2) is 5.13 Å². The molecule has 1 aromatic carbocycles. The van der Waals surface area contributed by atoms with Crippen LogP contribution in [0.2, 0.25) is 4.34 Å². The van der Waals surface area contributed by atoms with Gasteiger partial charge in [0.1, 0.15) is 10.0 Å². The van der Waals surface area contributed by atoms with Gasteiger partial charge in [0, 0.05) is 12.7 Å². The van der Waals surface area contributed by atoms with Crippen molar-refractivity contribution >= 4 is 34.0 Å². The van der Waals surface area contributed by atoms with Gasteiger partial charge >= 0.3 is 0 Å². The fraction of sp³-hybridized carbons (Fsp3) is 0.263. The van der Waals surface area contributed by atoms with Crippen LogP contribution < -0.4 is 5.32 Å². The van der Waals surface area contributed by atoms with Crippen molar-refractivity contribution in [2.75, 3.05) is 5.32 Å². The zero-order valence-electron chi connectivity index (χ0n) is 14.2. The average Bonchev–Trinajstić information content (AvgIpc) is 3.14. The van der Waals surface area contributed by atoms with Crippen LogP contribution in [0, 0.1) is 5.92 Å². The summed E-state index contributed by atoms with van der Waals surface area (Å²) in [5, 5.41) is 3.34. The number of halogens is 1. The third-order valence-electron chi connectivity index (χ3n) is 3.72. The molecule has 0 bridgehead atoms. The van der Waals surface area contributed by atoms with Crippen molar-refractivity contribution in [2.24, 2.45) is 5.92 Å². The molecule has 0 aliphatic rings. The van der Waals surface area contributed by atoms with Gasteiger partial charge in [-0.2, -0.15) is 0 Å². The fourth-order valence-electron chi connectivity index (χ4n) is 2.73. The van der Waals surface area contributed by atoms with Crippen molar-refractivity contribution in [1.29, 1.82) is 0 Å². The van der Waals surface area contributed by atoms with Gasteiger partial charge in [-0.1, -0.05) is 67.1 Å². The summed E-state index contributed by atoms with van der Waals surface area (Å²) in [6.07, 6.45) is 4.54. The van der Waals surface area contributed by atoms with Crippen LogP contribution >= 0.6 is 22.9 Å². The molecule has 25 heavy (non-hydrogen) atoms. The lowest BCUT2D eigenvalue weighted by Gasteiger charge is -2.08. The number of benzene rings is 1. The third-order valence-corrected chi connectivity index (χ3v) is 4.75. The molecule has 0 spiro atoms. The average molecular weight is 374 g/mol. The van der Waals surface area contributed by atoms with Gasteiger partial charge in [-0.25, -0.2) is 4.98 Å². The molecular weight excluding hydrogens is 354 g/mol. The van der Waals surface area contributed by atoms with Crippen LogP contribution in [0.3, 0.4) is 0 Å². The minimum Gasteiger partial charge on any atom is -0.339 e. The summed E-state index contributed by atoms with van der Waals surface area (Å²) in [4.78, 5) is 16.8. The first-order valence-corrected chi connectivity index (χ1v) is 9.36. The number of hydrogen-bond donors (Lipinski definition) is 1. The van der Waals surface area contributed by atoms with Gasteiger partial charge in [0.05, 0.1) is 6.20 Å². The number of thiazole rings is 1. The second kappa shape index (κ2) is 7.85. The Bertz CT molecular complexity index is 855. The van der Waals surface area contributed by atoms with Crippen molar-refractivity contribution in [1.82, 2.24) is 9.55 Å². The second-order valence-corrected chi connectivity index (χ2v) is 8.03. The highest BCUT2D eigenvalue weighted by Gasteiger charge is 2.16. The summed E-state index contributed by atoms with van der Waals surface area (Å²) in [6.45, 7) is 5.00. The molecule has 0 aliphatic carbocycles. The predicted molar refractivity (Wildman–Crippen MR) is 104 cm³/mol. The van der Waals surface area contributed by atoms with Crippen LogP contribution in [0.4, 0.5) is 5.13 Å². The van der Waals surface area contributed by atoms with Crippen LogP contribution in [0.25, 0.3) is 0 Å². The molecule has 4 nitrogen and oxygen atoms in total. The van der Waals surface area contributed by atoms with Gasteiger partial charge in [-0.3, -0.25) is 10.1 Å². The van der Waals surface area contributed by atoms with Crippen LogP contribution in [0.15, 0.2) is 48.8 Å². The molecule has 2 heterocycles. The van der Waals surface area contributed by atoms with Crippen LogP contribution in [0.1, 0.15) is 35.5 Å². The molecule has 3 rings (SSSR count). The quantitative estimate of drug-likeness (QED) is 0.653. The minimum atomic E-state index is -0.169. The van der Waals surface area contributed by atoms with Gasteiger partial charge in [-0.05, 0) is 29.5 Å². The van der Waals surface area contributed by atoms with Crippen molar-refractivity contribution in [3.05, 3.63) is 69.9 Å². The third kappa shape index (κ3) is 4.71. The molecule has 0 fully saturated rings. The zero-order chi connectivity index (χ0) is 17.8. The number of carbonyl (C=O) groups is 1. The molecule has 6 heteroatoms. The van der Waals surface area contributed by atoms with Crippen molar-refractivity contribution < 1.29 is 4.79 Å². The van der Waals surface area contributed by atoms with E-state index in [4.69, 9.17) is 11.6 Å². The molecule has 0 radical (unpaired) electrons. The summed E-state index contributed by atoms with van der Waals surface area (Å²) in [6, 6.07) is 12.1. The summed E-state index contributed by atoms with van der Waals surface area (Å²) >= 11 is 7.14. The maximum atomic E-state index is 12.7. The predicted octanol–water partition coefficient (Wildman–Crippen LogP) is 5.10. The van der Waals surface area contributed by atoms with E-state index < -0.39 is 0 Å². The molecule has 0 aliphatic heterocycles. The highest BCUT2D eigenvalue weighted by atomic mass is 35.5. The number of hydrogen-bond acceptors (Lipinski definition) is 3. The van der Waals surface area contributed by atoms with E-state index in [1.807, 2.05) is 28.8 Å². The number of nitrogens with zero attached hydrogens (tertiary/aromatic N) is 2.